The average Bonchev–Trinajstić information content (AvgIpc) is 3.56. The number of benzene rings is 2. The molecule has 1 aliphatic carbocycles. The van der Waals surface area contributed by atoms with E-state index in [1.165, 1.54) is 0 Å². The number of aromatic nitrogens is 3. The molecule has 2 aliphatic rings. The zero-order chi connectivity index (χ0) is 28.1. The van der Waals surface area contributed by atoms with E-state index < -0.39 is 11.1 Å². The Morgan fingerprint density at radius 2 is 1.77 bits per heavy atom. The topological polar surface area (TPSA) is 85.3 Å². The number of aliphatic imine (C=N–C) groups is 1. The van der Waals surface area contributed by atoms with E-state index in [1.807, 2.05) is 45.0 Å². The SMILES string of the molecule is C=c1c(-c2ccn[nH]2)c[n+]2c(c1C)N=C(c1ccc(C3(NC(=O)OC(C)(C)C)CCC3)cc1)C=2c1ccccc1. The number of carbonyl (C=O) groups excluding carboxylic acids is 1. The molecule has 0 radical (unpaired) electrons. The van der Waals surface area contributed by atoms with Crippen molar-refractivity contribution >= 4 is 24.2 Å². The van der Waals surface area contributed by atoms with Gasteiger partial charge in [0.1, 0.15) is 11.8 Å². The van der Waals surface area contributed by atoms with E-state index in [0.717, 1.165) is 75.2 Å². The van der Waals surface area contributed by atoms with Gasteiger partial charge in [0, 0.05) is 22.9 Å². The Morgan fingerprint density at radius 3 is 2.38 bits per heavy atom. The van der Waals surface area contributed by atoms with Gasteiger partial charge in [0.2, 0.25) is 5.71 Å². The summed E-state index contributed by atoms with van der Waals surface area (Å²) >= 11 is 0. The van der Waals surface area contributed by atoms with Crippen molar-refractivity contribution in [3.8, 4) is 11.3 Å². The van der Waals surface area contributed by atoms with Crippen molar-refractivity contribution in [1.29, 1.82) is 0 Å². The summed E-state index contributed by atoms with van der Waals surface area (Å²) in [4.78, 5) is 17.8. The molecule has 0 bridgehead atoms. The molecule has 0 unspecified atom stereocenters. The summed E-state index contributed by atoms with van der Waals surface area (Å²) in [5.74, 6) is 0.869. The van der Waals surface area contributed by atoms with Crippen molar-refractivity contribution in [1.82, 2.24) is 15.5 Å². The highest BCUT2D eigenvalue weighted by atomic mass is 16.6. The van der Waals surface area contributed by atoms with Crippen LogP contribution in [0.2, 0.25) is 0 Å². The molecule has 40 heavy (non-hydrogen) atoms. The minimum atomic E-state index is -0.543. The molecule has 0 saturated heterocycles. The summed E-state index contributed by atoms with van der Waals surface area (Å²) in [5.41, 5.74) is 7.03. The van der Waals surface area contributed by atoms with Crippen molar-refractivity contribution in [2.75, 3.05) is 0 Å². The molecular formula is C33H34N5O2+. The predicted octanol–water partition coefficient (Wildman–Crippen LogP) is 5.55. The molecule has 2 N–H and O–H groups in total. The molecule has 0 spiro atoms. The van der Waals surface area contributed by atoms with Gasteiger partial charge >= 0.3 is 11.9 Å². The highest BCUT2D eigenvalue weighted by Crippen LogP contribution is 2.41. The molecule has 1 saturated carbocycles. The fraction of sp³-hybridized carbons (Fsp3) is 0.273. The van der Waals surface area contributed by atoms with Crippen LogP contribution in [0.4, 0.5) is 10.6 Å². The highest BCUT2D eigenvalue weighted by molar-refractivity contribution is 6.11. The second kappa shape index (κ2) is 9.59. The smallest absolute Gasteiger partial charge is 0.408 e. The Labute approximate surface area is 234 Å². The van der Waals surface area contributed by atoms with Gasteiger partial charge in [-0.3, -0.25) is 5.10 Å². The van der Waals surface area contributed by atoms with Crippen LogP contribution >= 0.6 is 0 Å². The summed E-state index contributed by atoms with van der Waals surface area (Å²) in [6.45, 7) is 12.1. The molecule has 1 fully saturated rings. The highest BCUT2D eigenvalue weighted by Gasteiger charge is 2.41. The molecule has 2 aromatic carbocycles. The first kappa shape index (κ1) is 25.7. The van der Waals surface area contributed by atoms with Gasteiger partial charge in [-0.05, 0) is 68.8 Å². The third kappa shape index (κ3) is 4.51. The van der Waals surface area contributed by atoms with Crippen molar-refractivity contribution < 1.29 is 13.8 Å². The molecule has 4 aromatic rings. The zero-order valence-corrected chi connectivity index (χ0v) is 23.4. The number of rotatable bonds is 5. The van der Waals surface area contributed by atoms with E-state index in [-0.39, 0.29) is 6.09 Å². The summed E-state index contributed by atoms with van der Waals surface area (Å²) in [6.07, 6.45) is 6.30. The normalized spacial score (nSPS) is 15.7. The Morgan fingerprint density at radius 1 is 1.05 bits per heavy atom. The van der Waals surface area contributed by atoms with E-state index in [9.17, 15) is 4.79 Å². The molecule has 7 nitrogen and oxygen atoms in total. The van der Waals surface area contributed by atoms with Crippen LogP contribution in [0.1, 0.15) is 62.3 Å². The Bertz CT molecular complexity index is 1730. The number of hydrogen-bond acceptors (Lipinski definition) is 4. The Balaban J connectivity index is 1.42. The number of carbonyl (C=O) groups is 1. The van der Waals surface area contributed by atoms with Gasteiger partial charge in [-0.25, -0.2) is 4.79 Å². The Kier molecular flexibility index (Phi) is 6.17. The maximum atomic E-state index is 12.6. The third-order valence-corrected chi connectivity index (χ3v) is 7.78. The minimum absolute atomic E-state index is 0.379. The lowest BCUT2D eigenvalue weighted by molar-refractivity contribution is -0.496. The van der Waals surface area contributed by atoms with Crippen LogP contribution in [0.3, 0.4) is 0 Å². The van der Waals surface area contributed by atoms with Gasteiger partial charge in [-0.2, -0.15) is 9.34 Å². The number of nitrogens with one attached hydrogen (secondary N) is 2. The van der Waals surface area contributed by atoms with E-state index in [1.54, 1.807) is 6.20 Å². The number of hydrogen-bond donors (Lipinski definition) is 2. The van der Waals surface area contributed by atoms with Crippen molar-refractivity contribution in [2.45, 2.75) is 58.1 Å². The van der Waals surface area contributed by atoms with Crippen LogP contribution in [-0.2, 0) is 10.3 Å². The van der Waals surface area contributed by atoms with E-state index in [0.29, 0.717) is 0 Å². The lowest BCUT2D eigenvalue weighted by atomic mass is 9.71. The van der Waals surface area contributed by atoms with Gasteiger partial charge in [-0.1, -0.05) is 61.2 Å². The fourth-order valence-electron chi connectivity index (χ4n) is 5.54. The first-order valence-electron chi connectivity index (χ1n) is 13.7. The van der Waals surface area contributed by atoms with Crippen molar-refractivity contribution in [3.63, 3.8) is 0 Å². The fourth-order valence-corrected chi connectivity index (χ4v) is 5.54. The number of nitrogens with zero attached hydrogens (tertiary/aromatic N) is 3. The molecule has 6 rings (SSSR count). The third-order valence-electron chi connectivity index (χ3n) is 7.78. The average molecular weight is 533 g/mol. The van der Waals surface area contributed by atoms with E-state index in [4.69, 9.17) is 9.73 Å². The second-order valence-corrected chi connectivity index (χ2v) is 11.6. The van der Waals surface area contributed by atoms with Gasteiger partial charge in [0.15, 0.2) is 5.71 Å². The molecule has 2 aromatic heterocycles. The molecule has 1 aliphatic heterocycles. The number of ether oxygens (including phenoxy) is 1. The van der Waals surface area contributed by atoms with Crippen molar-refractivity contribution in [2.24, 2.45) is 4.99 Å². The number of fused-ring (bicyclic) bond motifs is 1. The zero-order valence-electron chi connectivity index (χ0n) is 23.4. The Hall–Kier alpha value is -4.52. The molecular weight excluding hydrogens is 498 g/mol. The van der Waals surface area contributed by atoms with Crippen LogP contribution < -0.4 is 14.8 Å². The molecule has 1 amide bonds. The number of H-pyrrole nitrogens is 1. The molecule has 7 heteroatoms. The van der Waals surface area contributed by atoms with Crippen molar-refractivity contribution in [3.05, 3.63) is 106 Å². The standard InChI is InChI=1S/C33H33N5O2/c1-21-22(2)30-35-28(29(24-10-7-6-8-11-24)38(30)20-26(21)27-16-19-34-37-27)23-12-14-25(15-13-23)33(17-9-18-33)36-31(39)40-32(3,4)5/h6-8,10-16,19-20H,1,9,17-18H2,2-5H3,(H-,34,35,36,37,39)/p+1. The van der Waals surface area contributed by atoms with E-state index >= 15 is 0 Å². The first-order chi connectivity index (χ1) is 19.2. The van der Waals surface area contributed by atoms with Gasteiger partial charge in [-0.15, -0.1) is 0 Å². The van der Waals surface area contributed by atoms with Gasteiger partial charge in [0.25, 0.3) is 0 Å². The number of alkyl carbamates (subject to hydrolysis) is 1. The lowest BCUT2D eigenvalue weighted by Gasteiger charge is -2.43. The second-order valence-electron chi connectivity index (χ2n) is 11.6. The minimum Gasteiger partial charge on any atom is -0.444 e. The lowest BCUT2D eigenvalue weighted by Crippen LogP contribution is -2.52. The maximum absolute atomic E-state index is 12.6. The van der Waals surface area contributed by atoms with E-state index in [2.05, 4.69) is 75.9 Å². The summed E-state index contributed by atoms with van der Waals surface area (Å²) < 4.78 is 7.73. The number of amides is 1. The van der Waals surface area contributed by atoms with Gasteiger partial charge < -0.3 is 10.1 Å². The van der Waals surface area contributed by atoms with Crippen LogP contribution in [-0.4, -0.2) is 27.6 Å². The van der Waals surface area contributed by atoms with Crippen LogP contribution in [0.25, 0.3) is 17.8 Å². The molecule has 3 heterocycles. The maximum Gasteiger partial charge on any atom is 0.408 e. The number of pyridine rings is 1. The van der Waals surface area contributed by atoms with Gasteiger partial charge in [0.05, 0.1) is 16.8 Å². The quantitative estimate of drug-likeness (QED) is 0.331. The molecule has 202 valence electrons. The monoisotopic (exact) mass is 532 g/mol. The summed E-state index contributed by atoms with van der Waals surface area (Å²) in [6, 6.07) is 20.7. The van der Waals surface area contributed by atoms with Crippen LogP contribution in [0.15, 0.2) is 78.0 Å². The number of aromatic amines is 1. The molecule has 0 atom stereocenters. The predicted molar refractivity (Wildman–Crippen MR) is 156 cm³/mol. The summed E-state index contributed by atoms with van der Waals surface area (Å²) in [5, 5.41) is 11.3. The first-order valence-corrected chi connectivity index (χ1v) is 13.7. The largest absolute Gasteiger partial charge is 0.444 e. The van der Waals surface area contributed by atoms with Crippen LogP contribution in [0.5, 0.6) is 0 Å². The van der Waals surface area contributed by atoms with Crippen LogP contribution in [0, 0.1) is 12.6 Å². The summed E-state index contributed by atoms with van der Waals surface area (Å²) in [7, 11) is 0.